The number of hydrogen-bond acceptors (Lipinski definition) is 4. The highest BCUT2D eigenvalue weighted by atomic mass is 19.3. The summed E-state index contributed by atoms with van der Waals surface area (Å²) in [5.41, 5.74) is 1.64. The minimum Gasteiger partial charge on any atom is -0.434 e. The van der Waals surface area contributed by atoms with E-state index in [1.807, 2.05) is 19.9 Å². The van der Waals surface area contributed by atoms with Crippen LogP contribution in [-0.4, -0.2) is 75.2 Å². The number of alkyl halides is 2. The molecule has 6 nitrogen and oxygen atoms in total. The van der Waals surface area contributed by atoms with Gasteiger partial charge in [-0.15, -0.1) is 0 Å². The first kappa shape index (κ1) is 23.3. The summed E-state index contributed by atoms with van der Waals surface area (Å²) in [4.78, 5) is 9.42. The summed E-state index contributed by atoms with van der Waals surface area (Å²) < 4.78 is 29.9. The van der Waals surface area contributed by atoms with Crippen LogP contribution in [0.1, 0.15) is 30.9 Å². The molecule has 0 radical (unpaired) electrons. The maximum absolute atomic E-state index is 12.6. The van der Waals surface area contributed by atoms with Crippen LogP contribution in [0, 0.1) is 6.92 Å². The average Bonchev–Trinajstić information content (AvgIpc) is 2.68. The molecule has 0 bridgehead atoms. The van der Waals surface area contributed by atoms with Crippen molar-refractivity contribution < 1.29 is 13.5 Å². The van der Waals surface area contributed by atoms with E-state index in [-0.39, 0.29) is 12.3 Å². The fraction of sp³-hybridized carbons (Fsp3) is 0.667. The Labute approximate surface area is 173 Å². The number of hydrogen-bond donors (Lipinski definition) is 2. The van der Waals surface area contributed by atoms with E-state index in [1.165, 1.54) is 0 Å². The summed E-state index contributed by atoms with van der Waals surface area (Å²) in [6.07, 6.45) is 2.20. The molecular formula is C21H35F2N5O. The van der Waals surface area contributed by atoms with Crippen LogP contribution in [0.15, 0.2) is 23.2 Å². The lowest BCUT2D eigenvalue weighted by atomic mass is 10.1. The Kier molecular flexibility index (Phi) is 10.1. The molecule has 0 atom stereocenters. The number of nitrogens with zero attached hydrogens (tertiary/aromatic N) is 3. The number of piperazine rings is 1. The summed E-state index contributed by atoms with van der Waals surface area (Å²) in [6.45, 7) is 8.63. The number of halogens is 2. The number of aliphatic imine (C=N–C) groups is 1. The molecule has 0 spiro atoms. The Hall–Kier alpha value is -1.93. The van der Waals surface area contributed by atoms with E-state index in [0.717, 1.165) is 64.2 Å². The van der Waals surface area contributed by atoms with Gasteiger partial charge < -0.3 is 25.2 Å². The van der Waals surface area contributed by atoms with Crippen molar-refractivity contribution in [3.63, 3.8) is 0 Å². The molecule has 2 N–H and O–H groups in total. The van der Waals surface area contributed by atoms with Gasteiger partial charge in [-0.1, -0.05) is 17.7 Å². The van der Waals surface area contributed by atoms with Crippen molar-refractivity contribution in [1.82, 2.24) is 20.4 Å². The first-order chi connectivity index (χ1) is 14.0. The maximum Gasteiger partial charge on any atom is 0.387 e. The van der Waals surface area contributed by atoms with Gasteiger partial charge in [0.2, 0.25) is 0 Å². The largest absolute Gasteiger partial charge is 0.434 e. The molecule has 1 aromatic rings. The lowest BCUT2D eigenvalue weighted by molar-refractivity contribution is -0.0504. The van der Waals surface area contributed by atoms with Crippen LogP contribution >= 0.6 is 0 Å². The number of likely N-dealkylation sites (N-methyl/N-ethyl adjacent to an activating group) is 1. The van der Waals surface area contributed by atoms with E-state index in [2.05, 4.69) is 37.2 Å². The van der Waals surface area contributed by atoms with Gasteiger partial charge in [-0.25, -0.2) is 4.99 Å². The predicted octanol–water partition coefficient (Wildman–Crippen LogP) is 2.68. The van der Waals surface area contributed by atoms with Gasteiger partial charge in [0.05, 0.1) is 6.54 Å². The molecule has 0 unspecified atom stereocenters. The lowest BCUT2D eigenvalue weighted by Gasteiger charge is -2.32. The number of guanidine groups is 1. The van der Waals surface area contributed by atoms with Gasteiger partial charge in [0, 0.05) is 44.8 Å². The fourth-order valence-corrected chi connectivity index (χ4v) is 3.29. The Balaban J connectivity index is 1.80. The monoisotopic (exact) mass is 411 g/mol. The first-order valence-electron chi connectivity index (χ1n) is 10.5. The van der Waals surface area contributed by atoms with Crippen LogP contribution in [-0.2, 0) is 6.54 Å². The SMILES string of the molecule is CCNC(=NCc1cc(C)ccc1OC(F)F)NCCCCN1CCN(C)CC1. The maximum atomic E-state index is 12.6. The van der Waals surface area contributed by atoms with Gasteiger partial charge >= 0.3 is 6.61 Å². The third kappa shape index (κ3) is 8.95. The standard InChI is InChI=1S/C21H35F2N5O/c1-4-24-21(25-9-5-6-10-28-13-11-27(3)12-14-28)26-16-18-15-17(2)7-8-19(18)29-20(22)23/h7-8,15,20H,4-6,9-14,16H2,1-3H3,(H2,24,25,26). The van der Waals surface area contributed by atoms with Gasteiger partial charge in [-0.05, 0) is 46.3 Å². The van der Waals surface area contributed by atoms with E-state index in [9.17, 15) is 8.78 Å². The molecule has 29 heavy (non-hydrogen) atoms. The van der Waals surface area contributed by atoms with Gasteiger partial charge in [-0.3, -0.25) is 0 Å². The minimum absolute atomic E-state index is 0.178. The van der Waals surface area contributed by atoms with Crippen molar-refractivity contribution in [2.24, 2.45) is 4.99 Å². The van der Waals surface area contributed by atoms with Gasteiger partial charge in [-0.2, -0.15) is 8.78 Å². The molecule has 1 aromatic carbocycles. The third-order valence-electron chi connectivity index (χ3n) is 4.97. The molecule has 1 aliphatic heterocycles. The molecule has 1 heterocycles. The molecule has 0 aromatic heterocycles. The molecule has 0 saturated carbocycles. The first-order valence-corrected chi connectivity index (χ1v) is 10.5. The molecular weight excluding hydrogens is 376 g/mol. The molecule has 1 fully saturated rings. The van der Waals surface area contributed by atoms with Gasteiger partial charge in [0.1, 0.15) is 5.75 Å². The highest BCUT2D eigenvalue weighted by Crippen LogP contribution is 2.22. The van der Waals surface area contributed by atoms with Crippen LogP contribution < -0.4 is 15.4 Å². The van der Waals surface area contributed by atoms with Crippen molar-refractivity contribution >= 4 is 5.96 Å². The van der Waals surface area contributed by atoms with Crippen molar-refractivity contribution in [1.29, 1.82) is 0 Å². The highest BCUT2D eigenvalue weighted by Gasteiger charge is 2.13. The quantitative estimate of drug-likeness (QED) is 0.352. The third-order valence-corrected chi connectivity index (χ3v) is 4.97. The Morgan fingerprint density at radius 2 is 1.93 bits per heavy atom. The van der Waals surface area contributed by atoms with Crippen LogP contribution in [0.4, 0.5) is 8.78 Å². The summed E-state index contributed by atoms with van der Waals surface area (Å²) in [5.74, 6) is 0.869. The zero-order chi connectivity index (χ0) is 21.1. The van der Waals surface area contributed by atoms with E-state index in [1.54, 1.807) is 12.1 Å². The number of nitrogens with one attached hydrogen (secondary N) is 2. The van der Waals surface area contributed by atoms with Crippen molar-refractivity contribution in [2.75, 3.05) is 52.9 Å². The Bertz CT molecular complexity index is 633. The number of unbranched alkanes of at least 4 members (excludes halogenated alkanes) is 1. The van der Waals surface area contributed by atoms with Gasteiger partial charge in [0.15, 0.2) is 5.96 Å². The Morgan fingerprint density at radius 1 is 1.17 bits per heavy atom. The van der Waals surface area contributed by atoms with Crippen LogP contribution in [0.5, 0.6) is 5.75 Å². The highest BCUT2D eigenvalue weighted by molar-refractivity contribution is 5.79. The van der Waals surface area contributed by atoms with Gasteiger partial charge in [0.25, 0.3) is 0 Å². The summed E-state index contributed by atoms with van der Waals surface area (Å²) in [7, 11) is 2.17. The second-order valence-corrected chi connectivity index (χ2v) is 7.46. The summed E-state index contributed by atoms with van der Waals surface area (Å²) >= 11 is 0. The molecule has 8 heteroatoms. The zero-order valence-corrected chi connectivity index (χ0v) is 17.9. The van der Waals surface area contributed by atoms with E-state index < -0.39 is 6.61 Å². The van der Waals surface area contributed by atoms with Crippen molar-refractivity contribution in [3.8, 4) is 5.75 Å². The topological polar surface area (TPSA) is 52.1 Å². The predicted molar refractivity (Wildman–Crippen MR) is 114 cm³/mol. The van der Waals surface area contributed by atoms with Crippen molar-refractivity contribution in [2.45, 2.75) is 39.8 Å². The normalized spacial score (nSPS) is 16.3. The molecule has 0 aliphatic carbocycles. The molecule has 1 saturated heterocycles. The summed E-state index contributed by atoms with van der Waals surface area (Å²) in [6, 6.07) is 5.17. The summed E-state index contributed by atoms with van der Waals surface area (Å²) in [5, 5.41) is 6.54. The Morgan fingerprint density at radius 3 is 2.62 bits per heavy atom. The smallest absolute Gasteiger partial charge is 0.387 e. The zero-order valence-electron chi connectivity index (χ0n) is 17.9. The number of rotatable bonds is 10. The molecule has 164 valence electrons. The number of aryl methyl sites for hydroxylation is 1. The van der Waals surface area contributed by atoms with Crippen LogP contribution in [0.25, 0.3) is 0 Å². The fourth-order valence-electron chi connectivity index (χ4n) is 3.29. The van der Waals surface area contributed by atoms with E-state index >= 15 is 0 Å². The van der Waals surface area contributed by atoms with Crippen molar-refractivity contribution in [3.05, 3.63) is 29.3 Å². The second-order valence-electron chi connectivity index (χ2n) is 7.46. The average molecular weight is 412 g/mol. The lowest BCUT2D eigenvalue weighted by Crippen LogP contribution is -2.44. The number of benzene rings is 1. The minimum atomic E-state index is -2.84. The van der Waals surface area contributed by atoms with Crippen LogP contribution in [0.3, 0.4) is 0 Å². The van der Waals surface area contributed by atoms with E-state index in [4.69, 9.17) is 0 Å². The molecule has 1 aliphatic rings. The van der Waals surface area contributed by atoms with Crippen LogP contribution in [0.2, 0.25) is 0 Å². The van der Waals surface area contributed by atoms with E-state index in [0.29, 0.717) is 11.5 Å². The number of ether oxygens (including phenoxy) is 1. The molecule has 2 rings (SSSR count). The molecule has 0 amide bonds. The second kappa shape index (κ2) is 12.6.